The minimum absolute atomic E-state index is 0.0519. The topological polar surface area (TPSA) is 54.4 Å². The number of hydrogen-bond donors (Lipinski definition) is 1. The summed E-state index contributed by atoms with van der Waals surface area (Å²) in [5, 5.41) is 8.72. The summed E-state index contributed by atoms with van der Waals surface area (Å²) in [5.41, 5.74) is 0. The molecule has 0 aromatic rings. The first-order valence-corrected chi connectivity index (χ1v) is 5.54. The SMILES string of the molecule is CCC=CC[C@H]1C(=O)CC[C@H]1CC(=O)O. The van der Waals surface area contributed by atoms with E-state index in [1.807, 2.05) is 19.1 Å². The molecular weight excluding hydrogens is 192 g/mol. The number of hydrogen-bond acceptors (Lipinski definition) is 2. The zero-order valence-corrected chi connectivity index (χ0v) is 9.11. The molecule has 0 spiro atoms. The summed E-state index contributed by atoms with van der Waals surface area (Å²) in [6.07, 6.45) is 7.15. The van der Waals surface area contributed by atoms with Crippen LogP contribution in [0.1, 0.15) is 39.0 Å². The van der Waals surface area contributed by atoms with E-state index in [1.54, 1.807) is 0 Å². The van der Waals surface area contributed by atoms with Crippen molar-refractivity contribution in [1.29, 1.82) is 0 Å². The van der Waals surface area contributed by atoms with Gasteiger partial charge < -0.3 is 5.11 Å². The van der Waals surface area contributed by atoms with Crippen molar-refractivity contribution in [2.24, 2.45) is 11.8 Å². The lowest BCUT2D eigenvalue weighted by molar-refractivity contribution is -0.138. The monoisotopic (exact) mass is 210 g/mol. The molecule has 0 aromatic heterocycles. The van der Waals surface area contributed by atoms with E-state index in [9.17, 15) is 9.59 Å². The van der Waals surface area contributed by atoms with Crippen molar-refractivity contribution in [3.05, 3.63) is 12.2 Å². The molecule has 0 aliphatic heterocycles. The highest BCUT2D eigenvalue weighted by atomic mass is 16.4. The van der Waals surface area contributed by atoms with E-state index < -0.39 is 5.97 Å². The van der Waals surface area contributed by atoms with Crippen molar-refractivity contribution in [2.45, 2.75) is 39.0 Å². The second-order valence-electron chi connectivity index (χ2n) is 4.08. The zero-order valence-electron chi connectivity index (χ0n) is 9.11. The Morgan fingerprint density at radius 2 is 2.27 bits per heavy atom. The molecule has 1 saturated carbocycles. The molecule has 1 aliphatic carbocycles. The third kappa shape index (κ3) is 3.50. The molecule has 1 rings (SSSR count). The Kier molecular flexibility index (Phi) is 4.53. The molecule has 84 valence electrons. The first kappa shape index (κ1) is 12.0. The summed E-state index contributed by atoms with van der Waals surface area (Å²) in [7, 11) is 0. The second kappa shape index (κ2) is 5.69. The number of aliphatic carboxylic acids is 1. The third-order valence-electron chi connectivity index (χ3n) is 2.97. The molecule has 0 bridgehead atoms. The number of ketones is 1. The fourth-order valence-corrected chi connectivity index (χ4v) is 2.18. The van der Waals surface area contributed by atoms with Crippen LogP contribution in [0.2, 0.25) is 0 Å². The second-order valence-corrected chi connectivity index (χ2v) is 4.08. The highest BCUT2D eigenvalue weighted by Crippen LogP contribution is 2.33. The van der Waals surface area contributed by atoms with Crippen molar-refractivity contribution >= 4 is 11.8 Å². The van der Waals surface area contributed by atoms with Crippen LogP contribution >= 0.6 is 0 Å². The van der Waals surface area contributed by atoms with Gasteiger partial charge in [-0.3, -0.25) is 9.59 Å². The number of allylic oxidation sites excluding steroid dienone is 2. The van der Waals surface area contributed by atoms with Crippen LogP contribution in [0.5, 0.6) is 0 Å². The van der Waals surface area contributed by atoms with E-state index in [-0.39, 0.29) is 24.0 Å². The molecule has 0 aromatic carbocycles. The third-order valence-corrected chi connectivity index (χ3v) is 2.97. The number of Topliss-reactive ketones (excluding diaryl/α,β-unsaturated/α-hetero) is 1. The fourth-order valence-electron chi connectivity index (χ4n) is 2.18. The standard InChI is InChI=1S/C12H18O3/c1-2-3-4-5-10-9(8-12(14)15)6-7-11(10)13/h3-4,9-10H,2,5-8H2,1H3,(H,14,15)/t9-,10+/m0/s1. The van der Waals surface area contributed by atoms with E-state index >= 15 is 0 Å². The van der Waals surface area contributed by atoms with Gasteiger partial charge in [0.25, 0.3) is 0 Å². The molecule has 3 nitrogen and oxygen atoms in total. The Bertz CT molecular complexity index is 268. The van der Waals surface area contributed by atoms with Gasteiger partial charge in [0.2, 0.25) is 0 Å². The zero-order chi connectivity index (χ0) is 11.3. The number of carbonyl (C=O) groups is 2. The summed E-state index contributed by atoms with van der Waals surface area (Å²) >= 11 is 0. The lowest BCUT2D eigenvalue weighted by atomic mass is 9.89. The van der Waals surface area contributed by atoms with Gasteiger partial charge in [-0.1, -0.05) is 19.1 Å². The fraction of sp³-hybridized carbons (Fsp3) is 0.667. The van der Waals surface area contributed by atoms with Gasteiger partial charge in [0.15, 0.2) is 0 Å². The molecule has 0 unspecified atom stereocenters. The Morgan fingerprint density at radius 1 is 1.53 bits per heavy atom. The highest BCUT2D eigenvalue weighted by Gasteiger charge is 2.34. The van der Waals surface area contributed by atoms with Gasteiger partial charge in [0.05, 0.1) is 0 Å². The molecule has 0 amide bonds. The van der Waals surface area contributed by atoms with Crippen LogP contribution in [-0.4, -0.2) is 16.9 Å². The Labute approximate surface area is 90.2 Å². The van der Waals surface area contributed by atoms with Crippen LogP contribution in [-0.2, 0) is 9.59 Å². The average molecular weight is 210 g/mol. The van der Waals surface area contributed by atoms with E-state index in [2.05, 4.69) is 0 Å². The van der Waals surface area contributed by atoms with Gasteiger partial charge in [-0.05, 0) is 25.2 Å². The van der Waals surface area contributed by atoms with Crippen molar-refractivity contribution in [2.75, 3.05) is 0 Å². The van der Waals surface area contributed by atoms with Gasteiger partial charge in [-0.15, -0.1) is 0 Å². The molecule has 1 aliphatic rings. The van der Waals surface area contributed by atoms with Crippen molar-refractivity contribution in [3.8, 4) is 0 Å². The first-order chi connectivity index (χ1) is 7.15. The molecule has 1 N–H and O–H groups in total. The number of carbonyl (C=O) groups excluding carboxylic acids is 1. The lowest BCUT2D eigenvalue weighted by Gasteiger charge is -2.14. The maximum absolute atomic E-state index is 11.5. The van der Waals surface area contributed by atoms with Gasteiger partial charge in [-0.25, -0.2) is 0 Å². The summed E-state index contributed by atoms with van der Waals surface area (Å²) in [4.78, 5) is 22.1. The smallest absolute Gasteiger partial charge is 0.303 e. The molecule has 15 heavy (non-hydrogen) atoms. The normalized spacial score (nSPS) is 26.3. The molecule has 0 heterocycles. The van der Waals surface area contributed by atoms with Crippen LogP contribution in [0.15, 0.2) is 12.2 Å². The van der Waals surface area contributed by atoms with Crippen LogP contribution < -0.4 is 0 Å². The molecule has 2 atom stereocenters. The van der Waals surface area contributed by atoms with Crippen molar-refractivity contribution in [1.82, 2.24) is 0 Å². The molecule has 0 radical (unpaired) electrons. The van der Waals surface area contributed by atoms with Crippen LogP contribution in [0.4, 0.5) is 0 Å². The van der Waals surface area contributed by atoms with E-state index in [4.69, 9.17) is 5.11 Å². The van der Waals surface area contributed by atoms with Crippen LogP contribution in [0.25, 0.3) is 0 Å². The molecular formula is C12H18O3. The van der Waals surface area contributed by atoms with Crippen LogP contribution in [0.3, 0.4) is 0 Å². The van der Waals surface area contributed by atoms with E-state index in [0.29, 0.717) is 12.8 Å². The predicted molar refractivity (Wildman–Crippen MR) is 57.5 cm³/mol. The van der Waals surface area contributed by atoms with Crippen molar-refractivity contribution in [3.63, 3.8) is 0 Å². The molecule has 3 heteroatoms. The Morgan fingerprint density at radius 3 is 2.87 bits per heavy atom. The van der Waals surface area contributed by atoms with Gasteiger partial charge in [0.1, 0.15) is 5.78 Å². The maximum Gasteiger partial charge on any atom is 0.303 e. The molecule has 1 fully saturated rings. The van der Waals surface area contributed by atoms with Gasteiger partial charge in [0, 0.05) is 18.8 Å². The summed E-state index contributed by atoms with van der Waals surface area (Å²) in [6.45, 7) is 2.04. The molecule has 0 saturated heterocycles. The number of rotatable bonds is 5. The average Bonchev–Trinajstić information content (AvgIpc) is 2.49. The van der Waals surface area contributed by atoms with Gasteiger partial charge >= 0.3 is 5.97 Å². The predicted octanol–water partition coefficient (Wildman–Crippen LogP) is 2.41. The summed E-state index contributed by atoms with van der Waals surface area (Å²) < 4.78 is 0. The first-order valence-electron chi connectivity index (χ1n) is 5.54. The van der Waals surface area contributed by atoms with Gasteiger partial charge in [-0.2, -0.15) is 0 Å². The Balaban J connectivity index is 2.52. The minimum atomic E-state index is -0.792. The van der Waals surface area contributed by atoms with E-state index in [1.165, 1.54) is 0 Å². The summed E-state index contributed by atoms with van der Waals surface area (Å²) in [6, 6.07) is 0. The largest absolute Gasteiger partial charge is 0.481 e. The summed E-state index contributed by atoms with van der Waals surface area (Å²) in [5.74, 6) is -0.554. The number of carboxylic acid groups (broad SMARTS) is 1. The quantitative estimate of drug-likeness (QED) is 0.709. The van der Waals surface area contributed by atoms with Crippen molar-refractivity contribution < 1.29 is 14.7 Å². The maximum atomic E-state index is 11.5. The number of carboxylic acids is 1. The Hall–Kier alpha value is -1.12. The van der Waals surface area contributed by atoms with Crippen LogP contribution in [0, 0.1) is 11.8 Å². The lowest BCUT2D eigenvalue weighted by Crippen LogP contribution is -2.17. The minimum Gasteiger partial charge on any atom is -0.481 e. The van der Waals surface area contributed by atoms with E-state index in [0.717, 1.165) is 12.8 Å². The highest BCUT2D eigenvalue weighted by molar-refractivity contribution is 5.84.